The highest BCUT2D eigenvalue weighted by atomic mass is 32.2. The minimum Gasteiger partial charge on any atom is -0.481 e. The summed E-state index contributed by atoms with van der Waals surface area (Å²) >= 11 is 1.80. The van der Waals surface area contributed by atoms with E-state index >= 15 is 0 Å². The van der Waals surface area contributed by atoms with Gasteiger partial charge in [-0.2, -0.15) is 16.7 Å². The van der Waals surface area contributed by atoms with E-state index in [0.717, 1.165) is 23.9 Å². The van der Waals surface area contributed by atoms with E-state index in [0.29, 0.717) is 5.95 Å². The van der Waals surface area contributed by atoms with E-state index in [2.05, 4.69) is 14.9 Å². The predicted octanol–water partition coefficient (Wildman–Crippen LogP) is 0.939. The molecule has 7 heteroatoms. The Kier molecular flexibility index (Phi) is 4.47. The lowest BCUT2D eigenvalue weighted by Gasteiger charge is -2.35. The molecule has 1 fully saturated rings. The van der Waals surface area contributed by atoms with Gasteiger partial charge < -0.3 is 14.9 Å². The molecule has 104 valence electrons. The van der Waals surface area contributed by atoms with Crippen LogP contribution in [0, 0.1) is 0 Å². The van der Waals surface area contributed by atoms with E-state index < -0.39 is 5.97 Å². The fourth-order valence-corrected chi connectivity index (χ4v) is 3.10. The number of aromatic nitrogens is 2. The van der Waals surface area contributed by atoms with Crippen molar-refractivity contribution in [1.82, 2.24) is 9.97 Å². The SMILES string of the molecule is CN(C)c1nccc(N2CCSCC2CC(=O)O)n1. The van der Waals surface area contributed by atoms with Crippen molar-refractivity contribution in [3.63, 3.8) is 0 Å². The molecule has 0 amide bonds. The summed E-state index contributed by atoms with van der Waals surface area (Å²) in [6.07, 6.45) is 1.87. The molecule has 6 nitrogen and oxygen atoms in total. The van der Waals surface area contributed by atoms with E-state index in [1.165, 1.54) is 0 Å². The number of anilines is 2. The second-order valence-corrected chi connectivity index (χ2v) is 5.78. The van der Waals surface area contributed by atoms with E-state index in [1.54, 1.807) is 18.0 Å². The molecule has 19 heavy (non-hydrogen) atoms. The topological polar surface area (TPSA) is 69.6 Å². The van der Waals surface area contributed by atoms with Crippen LogP contribution in [0.5, 0.6) is 0 Å². The zero-order chi connectivity index (χ0) is 13.8. The van der Waals surface area contributed by atoms with Crippen molar-refractivity contribution in [3.05, 3.63) is 12.3 Å². The van der Waals surface area contributed by atoms with Gasteiger partial charge in [0.1, 0.15) is 5.82 Å². The van der Waals surface area contributed by atoms with E-state index in [4.69, 9.17) is 5.11 Å². The number of hydrogen-bond donors (Lipinski definition) is 1. The van der Waals surface area contributed by atoms with Crippen molar-refractivity contribution in [2.24, 2.45) is 0 Å². The summed E-state index contributed by atoms with van der Waals surface area (Å²) in [6.45, 7) is 0.826. The van der Waals surface area contributed by atoms with Gasteiger partial charge in [-0.05, 0) is 6.07 Å². The Morgan fingerprint density at radius 2 is 2.42 bits per heavy atom. The third kappa shape index (κ3) is 3.50. The molecule has 2 rings (SSSR count). The van der Waals surface area contributed by atoms with Crippen LogP contribution in [0.2, 0.25) is 0 Å². The first-order valence-corrected chi connectivity index (χ1v) is 7.30. The molecule has 0 bridgehead atoms. The first-order valence-electron chi connectivity index (χ1n) is 6.14. The Morgan fingerprint density at radius 1 is 1.63 bits per heavy atom. The van der Waals surface area contributed by atoms with Crippen LogP contribution in [0.3, 0.4) is 0 Å². The van der Waals surface area contributed by atoms with Gasteiger partial charge in [0.05, 0.1) is 6.42 Å². The van der Waals surface area contributed by atoms with Crippen LogP contribution < -0.4 is 9.80 Å². The maximum Gasteiger partial charge on any atom is 0.305 e. The lowest BCUT2D eigenvalue weighted by atomic mass is 10.2. The molecule has 1 saturated heterocycles. The van der Waals surface area contributed by atoms with Crippen LogP contribution in [-0.4, -0.2) is 59.2 Å². The van der Waals surface area contributed by atoms with Gasteiger partial charge in [0.2, 0.25) is 5.95 Å². The maximum atomic E-state index is 10.9. The number of carboxylic acids is 1. The Balaban J connectivity index is 2.21. The van der Waals surface area contributed by atoms with E-state index in [9.17, 15) is 4.79 Å². The van der Waals surface area contributed by atoms with Crippen LogP contribution >= 0.6 is 11.8 Å². The van der Waals surface area contributed by atoms with Crippen molar-refractivity contribution in [1.29, 1.82) is 0 Å². The highest BCUT2D eigenvalue weighted by molar-refractivity contribution is 7.99. The van der Waals surface area contributed by atoms with Crippen molar-refractivity contribution in [3.8, 4) is 0 Å². The summed E-state index contributed by atoms with van der Waals surface area (Å²) in [5, 5.41) is 9.00. The third-order valence-corrected chi connectivity index (χ3v) is 4.05. The van der Waals surface area contributed by atoms with Crippen molar-refractivity contribution in [2.45, 2.75) is 12.5 Å². The Hall–Kier alpha value is -1.50. The van der Waals surface area contributed by atoms with Crippen LogP contribution in [-0.2, 0) is 4.79 Å². The standard InChI is InChI=1S/C12H18N4O2S/c1-15(2)12-13-4-3-10(14-12)16-5-6-19-8-9(16)7-11(17)18/h3-4,9H,5-8H2,1-2H3,(H,17,18). The molecule has 1 atom stereocenters. The van der Waals surface area contributed by atoms with Gasteiger partial charge in [0.25, 0.3) is 0 Å². The van der Waals surface area contributed by atoms with Crippen molar-refractivity contribution < 1.29 is 9.90 Å². The Bertz CT molecular complexity index is 455. The van der Waals surface area contributed by atoms with Crippen molar-refractivity contribution in [2.75, 3.05) is 41.9 Å². The first-order chi connectivity index (χ1) is 9.08. The maximum absolute atomic E-state index is 10.9. The summed E-state index contributed by atoms with van der Waals surface area (Å²) in [5.41, 5.74) is 0. The van der Waals surface area contributed by atoms with Crippen LogP contribution in [0.1, 0.15) is 6.42 Å². The van der Waals surface area contributed by atoms with Gasteiger partial charge in [0, 0.05) is 44.4 Å². The van der Waals surface area contributed by atoms with Gasteiger partial charge in [-0.1, -0.05) is 0 Å². The van der Waals surface area contributed by atoms with Crippen molar-refractivity contribution >= 4 is 29.5 Å². The van der Waals surface area contributed by atoms with Crippen LogP contribution in [0.4, 0.5) is 11.8 Å². The lowest BCUT2D eigenvalue weighted by Crippen LogP contribution is -2.44. The number of hydrogen-bond acceptors (Lipinski definition) is 6. The van der Waals surface area contributed by atoms with Crippen LogP contribution in [0.25, 0.3) is 0 Å². The van der Waals surface area contributed by atoms with Gasteiger partial charge in [-0.15, -0.1) is 0 Å². The molecule has 0 aromatic carbocycles. The van der Waals surface area contributed by atoms with Gasteiger partial charge in [0.15, 0.2) is 0 Å². The molecule has 1 unspecified atom stereocenters. The second-order valence-electron chi connectivity index (χ2n) is 4.63. The zero-order valence-corrected chi connectivity index (χ0v) is 11.9. The Labute approximate surface area is 116 Å². The minimum atomic E-state index is -0.764. The number of carbonyl (C=O) groups is 1. The summed E-state index contributed by atoms with van der Waals surface area (Å²) in [6, 6.07) is 1.85. The number of carboxylic acid groups (broad SMARTS) is 1. The zero-order valence-electron chi connectivity index (χ0n) is 11.1. The molecule has 0 spiro atoms. The molecule has 1 N–H and O–H groups in total. The smallest absolute Gasteiger partial charge is 0.305 e. The molecule has 1 aromatic rings. The molecular weight excluding hydrogens is 264 g/mol. The summed E-state index contributed by atoms with van der Waals surface area (Å²) in [7, 11) is 3.78. The monoisotopic (exact) mass is 282 g/mol. The molecule has 1 aliphatic heterocycles. The fraction of sp³-hybridized carbons (Fsp3) is 0.583. The summed E-state index contributed by atoms with van der Waals surface area (Å²) < 4.78 is 0. The number of nitrogens with zero attached hydrogens (tertiary/aromatic N) is 4. The quantitative estimate of drug-likeness (QED) is 0.881. The van der Waals surface area contributed by atoms with Gasteiger partial charge >= 0.3 is 5.97 Å². The molecular formula is C12H18N4O2S. The van der Waals surface area contributed by atoms with E-state index in [-0.39, 0.29) is 12.5 Å². The molecule has 0 saturated carbocycles. The highest BCUT2D eigenvalue weighted by Gasteiger charge is 2.26. The van der Waals surface area contributed by atoms with Gasteiger partial charge in [-0.3, -0.25) is 4.79 Å². The largest absolute Gasteiger partial charge is 0.481 e. The average Bonchev–Trinajstić information content (AvgIpc) is 2.39. The first kappa shape index (κ1) is 13.9. The molecule has 1 aliphatic rings. The predicted molar refractivity (Wildman–Crippen MR) is 77.1 cm³/mol. The second kappa shape index (κ2) is 6.10. The fourth-order valence-electron chi connectivity index (χ4n) is 2.04. The normalized spacial score (nSPS) is 19.3. The van der Waals surface area contributed by atoms with Crippen LogP contribution in [0.15, 0.2) is 12.3 Å². The minimum absolute atomic E-state index is 0.00108. The average molecular weight is 282 g/mol. The van der Waals surface area contributed by atoms with E-state index in [1.807, 2.05) is 25.1 Å². The number of thioether (sulfide) groups is 1. The lowest BCUT2D eigenvalue weighted by molar-refractivity contribution is -0.137. The van der Waals surface area contributed by atoms with Gasteiger partial charge in [-0.25, -0.2) is 4.98 Å². The Morgan fingerprint density at radius 3 is 3.11 bits per heavy atom. The third-order valence-electron chi connectivity index (χ3n) is 2.96. The number of aliphatic carboxylic acids is 1. The summed E-state index contributed by atoms with van der Waals surface area (Å²) in [5.74, 6) is 2.51. The molecule has 0 radical (unpaired) electrons. The molecule has 1 aromatic heterocycles. The number of rotatable bonds is 4. The highest BCUT2D eigenvalue weighted by Crippen LogP contribution is 2.25. The summed E-state index contributed by atoms with van der Waals surface area (Å²) in [4.78, 5) is 23.5. The molecule has 0 aliphatic carbocycles. The molecule has 2 heterocycles.